The second-order valence-corrected chi connectivity index (χ2v) is 4.29. The summed E-state index contributed by atoms with van der Waals surface area (Å²) < 4.78 is 21.5. The molecule has 108 valence electrons. The third kappa shape index (κ3) is 3.68. The van der Waals surface area contributed by atoms with Crippen molar-refractivity contribution in [2.75, 3.05) is 21.3 Å². The summed E-state index contributed by atoms with van der Waals surface area (Å²) in [6, 6.07) is 7.37. The molecule has 1 heterocycles. The van der Waals surface area contributed by atoms with Crippen LogP contribution < -0.4 is 19.5 Å². The maximum absolute atomic E-state index is 5.69. The number of nitrogens with one attached hydrogen (secondary N) is 1. The van der Waals surface area contributed by atoms with E-state index in [4.69, 9.17) is 18.6 Å². The maximum atomic E-state index is 5.69. The molecule has 1 N–H and O–H groups in total. The molecule has 0 amide bonds. The van der Waals surface area contributed by atoms with E-state index >= 15 is 0 Å². The van der Waals surface area contributed by atoms with E-state index < -0.39 is 0 Å². The molecule has 1 aromatic carbocycles. The van der Waals surface area contributed by atoms with Crippen LogP contribution in [0.25, 0.3) is 0 Å². The number of hydrogen-bond acceptors (Lipinski definition) is 5. The summed E-state index contributed by atoms with van der Waals surface area (Å²) in [5.41, 5.74) is 1.09. The molecule has 0 fully saturated rings. The van der Waals surface area contributed by atoms with Gasteiger partial charge in [0, 0.05) is 30.3 Å². The van der Waals surface area contributed by atoms with Crippen LogP contribution in [0.3, 0.4) is 0 Å². The van der Waals surface area contributed by atoms with Gasteiger partial charge in [-0.15, -0.1) is 0 Å². The zero-order valence-electron chi connectivity index (χ0n) is 11.9. The lowest BCUT2D eigenvalue weighted by atomic mass is 10.3. The normalized spacial score (nSPS) is 10.3. The molecule has 1 aromatic heterocycles. The lowest BCUT2D eigenvalue weighted by Gasteiger charge is -2.09. The van der Waals surface area contributed by atoms with Crippen molar-refractivity contribution in [1.82, 2.24) is 5.32 Å². The molecule has 20 heavy (non-hydrogen) atoms. The van der Waals surface area contributed by atoms with Crippen LogP contribution >= 0.6 is 0 Å². The Balaban J connectivity index is 2.02. The van der Waals surface area contributed by atoms with Crippen molar-refractivity contribution in [3.8, 4) is 17.2 Å². The van der Waals surface area contributed by atoms with Gasteiger partial charge in [0.05, 0.1) is 20.5 Å². The van der Waals surface area contributed by atoms with Gasteiger partial charge in [-0.25, -0.2) is 0 Å². The van der Waals surface area contributed by atoms with Gasteiger partial charge in [0.1, 0.15) is 29.6 Å². The average molecular weight is 277 g/mol. The van der Waals surface area contributed by atoms with Crippen LogP contribution in [-0.2, 0) is 13.2 Å². The Hall–Kier alpha value is -2.14. The summed E-state index contributed by atoms with van der Waals surface area (Å²) in [6.07, 6.45) is 1.72. The van der Waals surface area contributed by atoms with Gasteiger partial charge in [0.15, 0.2) is 0 Å². The molecule has 0 saturated carbocycles. The monoisotopic (exact) mass is 277 g/mol. The zero-order valence-corrected chi connectivity index (χ0v) is 11.9. The van der Waals surface area contributed by atoms with Crippen molar-refractivity contribution in [3.63, 3.8) is 0 Å². The highest BCUT2D eigenvalue weighted by Crippen LogP contribution is 2.28. The summed E-state index contributed by atoms with van der Waals surface area (Å²) in [4.78, 5) is 0. The van der Waals surface area contributed by atoms with Gasteiger partial charge in [-0.2, -0.15) is 0 Å². The fourth-order valence-electron chi connectivity index (χ4n) is 1.82. The number of rotatable bonds is 7. The molecule has 0 bridgehead atoms. The summed E-state index contributed by atoms with van der Waals surface area (Å²) in [7, 11) is 5.11. The third-order valence-electron chi connectivity index (χ3n) is 2.80. The molecule has 0 unspecified atom stereocenters. The molecule has 2 rings (SSSR count). The number of methoxy groups -OCH3 is 2. The minimum absolute atomic E-state index is 0.361. The smallest absolute Gasteiger partial charge is 0.146 e. The topological polar surface area (TPSA) is 52.9 Å². The van der Waals surface area contributed by atoms with E-state index in [0.29, 0.717) is 23.9 Å². The molecule has 0 radical (unpaired) electrons. The van der Waals surface area contributed by atoms with Crippen molar-refractivity contribution >= 4 is 0 Å². The van der Waals surface area contributed by atoms with Crippen molar-refractivity contribution in [2.45, 2.75) is 13.2 Å². The number of furan rings is 1. The minimum Gasteiger partial charge on any atom is -0.496 e. The van der Waals surface area contributed by atoms with Crippen molar-refractivity contribution in [2.24, 2.45) is 0 Å². The Morgan fingerprint density at radius 3 is 2.25 bits per heavy atom. The number of ether oxygens (including phenoxy) is 3. The Kier molecular flexibility index (Phi) is 4.90. The summed E-state index contributed by atoms with van der Waals surface area (Å²) in [5.74, 6) is 2.83. The van der Waals surface area contributed by atoms with Gasteiger partial charge < -0.3 is 23.9 Å². The lowest BCUT2D eigenvalue weighted by molar-refractivity contribution is 0.267. The molecule has 5 heteroatoms. The van der Waals surface area contributed by atoms with Crippen molar-refractivity contribution in [3.05, 3.63) is 41.9 Å². The van der Waals surface area contributed by atoms with Crippen molar-refractivity contribution in [1.29, 1.82) is 0 Å². The van der Waals surface area contributed by atoms with E-state index in [9.17, 15) is 0 Å². The fourth-order valence-corrected chi connectivity index (χ4v) is 1.82. The minimum atomic E-state index is 0.361. The van der Waals surface area contributed by atoms with Crippen LogP contribution in [-0.4, -0.2) is 21.3 Å². The quantitative estimate of drug-likeness (QED) is 0.843. The highest BCUT2D eigenvalue weighted by atomic mass is 16.5. The standard InChI is InChI=1S/C15H19NO4/c1-16-8-11-4-15(19-9-11)10-20-14-6-12(17-2)5-13(7-14)18-3/h4-7,9,16H,8,10H2,1-3H3. The fraction of sp³-hybridized carbons (Fsp3) is 0.333. The molecule has 0 aliphatic heterocycles. The van der Waals surface area contributed by atoms with E-state index in [2.05, 4.69) is 5.32 Å². The molecular weight excluding hydrogens is 258 g/mol. The predicted molar refractivity (Wildman–Crippen MR) is 75.3 cm³/mol. The first-order chi connectivity index (χ1) is 9.75. The molecule has 0 atom stereocenters. The SMILES string of the molecule is CNCc1coc(COc2cc(OC)cc(OC)c2)c1. The predicted octanol–water partition coefficient (Wildman–Crippen LogP) is 2.60. The van der Waals surface area contributed by atoms with E-state index in [1.807, 2.05) is 13.1 Å². The second-order valence-electron chi connectivity index (χ2n) is 4.29. The molecule has 0 spiro atoms. The maximum Gasteiger partial charge on any atom is 0.146 e. The molecular formula is C15H19NO4. The first-order valence-electron chi connectivity index (χ1n) is 6.32. The van der Waals surface area contributed by atoms with Crippen LogP contribution in [0.2, 0.25) is 0 Å². The Morgan fingerprint density at radius 2 is 1.65 bits per heavy atom. The van der Waals surface area contributed by atoms with Crippen LogP contribution in [0, 0.1) is 0 Å². The highest BCUT2D eigenvalue weighted by Gasteiger charge is 2.05. The number of benzene rings is 1. The summed E-state index contributed by atoms with van der Waals surface area (Å²) in [6.45, 7) is 1.14. The second kappa shape index (κ2) is 6.86. The zero-order chi connectivity index (χ0) is 14.4. The molecule has 0 aliphatic rings. The Morgan fingerprint density at radius 1 is 1.00 bits per heavy atom. The highest BCUT2D eigenvalue weighted by molar-refractivity contribution is 5.42. The van der Waals surface area contributed by atoms with Gasteiger partial charge in [-0.3, -0.25) is 0 Å². The lowest BCUT2D eigenvalue weighted by Crippen LogP contribution is -2.03. The first-order valence-corrected chi connectivity index (χ1v) is 6.32. The van der Waals surface area contributed by atoms with Gasteiger partial charge in [-0.1, -0.05) is 0 Å². The largest absolute Gasteiger partial charge is 0.496 e. The van der Waals surface area contributed by atoms with Gasteiger partial charge in [0.2, 0.25) is 0 Å². The molecule has 5 nitrogen and oxygen atoms in total. The van der Waals surface area contributed by atoms with E-state index in [1.165, 1.54) is 0 Å². The number of hydrogen-bond donors (Lipinski definition) is 1. The Bertz CT molecular complexity index is 528. The van der Waals surface area contributed by atoms with E-state index in [-0.39, 0.29) is 0 Å². The summed E-state index contributed by atoms with van der Waals surface area (Å²) >= 11 is 0. The van der Waals surface area contributed by atoms with Crippen LogP contribution in [0.5, 0.6) is 17.2 Å². The van der Waals surface area contributed by atoms with E-state index in [0.717, 1.165) is 17.9 Å². The van der Waals surface area contributed by atoms with Crippen LogP contribution in [0.4, 0.5) is 0 Å². The van der Waals surface area contributed by atoms with Crippen LogP contribution in [0.15, 0.2) is 34.9 Å². The van der Waals surface area contributed by atoms with Gasteiger partial charge in [0.25, 0.3) is 0 Å². The summed E-state index contributed by atoms with van der Waals surface area (Å²) in [5, 5.41) is 3.07. The van der Waals surface area contributed by atoms with Gasteiger partial charge in [-0.05, 0) is 13.1 Å². The van der Waals surface area contributed by atoms with Crippen LogP contribution in [0.1, 0.15) is 11.3 Å². The first kappa shape index (κ1) is 14.3. The van der Waals surface area contributed by atoms with E-state index in [1.54, 1.807) is 38.7 Å². The molecule has 2 aromatic rings. The van der Waals surface area contributed by atoms with Gasteiger partial charge >= 0.3 is 0 Å². The molecule has 0 saturated heterocycles. The third-order valence-corrected chi connectivity index (χ3v) is 2.80. The van der Waals surface area contributed by atoms with Crippen molar-refractivity contribution < 1.29 is 18.6 Å². The molecule has 0 aliphatic carbocycles. The average Bonchev–Trinajstić information content (AvgIpc) is 2.93. The Labute approximate surface area is 118 Å².